The molecule has 0 unspecified atom stereocenters. The van der Waals surface area contributed by atoms with Crippen LogP contribution < -0.4 is 5.48 Å². The Morgan fingerprint density at radius 3 is 2.06 bits per heavy atom. The molecule has 0 atom stereocenters. The van der Waals surface area contributed by atoms with Gasteiger partial charge < -0.3 is 0 Å². The van der Waals surface area contributed by atoms with Gasteiger partial charge in [0.2, 0.25) is 0 Å². The Labute approximate surface area is 92.1 Å². The first-order valence-electron chi connectivity index (χ1n) is 4.22. The predicted molar refractivity (Wildman–Crippen MR) is 46.0 cm³/mol. The molecule has 0 fully saturated rings. The minimum atomic E-state index is -5.89. The normalized spacial score (nSPS) is 12.3. The van der Waals surface area contributed by atoms with Gasteiger partial charge >= 0.3 is 12.3 Å². The van der Waals surface area contributed by atoms with Crippen LogP contribution in [0.3, 0.4) is 0 Å². The minimum Gasteiger partial charge on any atom is -0.267 e. The molecule has 0 aliphatic carbocycles. The number of benzene rings is 1. The van der Waals surface area contributed by atoms with Gasteiger partial charge in [0.05, 0.1) is 0 Å². The van der Waals surface area contributed by atoms with Crippen LogP contribution in [0, 0.1) is 0 Å². The zero-order valence-corrected chi connectivity index (χ0v) is 8.09. The molecular weight excluding hydrogens is 249 g/mol. The van der Waals surface area contributed by atoms with Crippen LogP contribution in [0.25, 0.3) is 0 Å². The van der Waals surface area contributed by atoms with E-state index in [1.807, 2.05) is 0 Å². The van der Waals surface area contributed by atoms with Crippen LogP contribution in [0.2, 0.25) is 0 Å². The van der Waals surface area contributed by atoms with Gasteiger partial charge in [-0.3, -0.25) is 4.79 Å². The fourth-order valence-electron chi connectivity index (χ4n) is 0.817. The van der Waals surface area contributed by atoms with Crippen molar-refractivity contribution < 1.29 is 31.6 Å². The van der Waals surface area contributed by atoms with Crippen molar-refractivity contribution in [2.45, 2.75) is 12.3 Å². The van der Waals surface area contributed by atoms with Gasteiger partial charge in [0.1, 0.15) is 0 Å². The van der Waals surface area contributed by atoms with E-state index in [4.69, 9.17) is 0 Å². The molecule has 1 aromatic rings. The molecule has 3 nitrogen and oxygen atoms in total. The molecule has 0 aliphatic rings. The van der Waals surface area contributed by atoms with Crippen molar-refractivity contribution in [3.8, 4) is 0 Å². The number of hydrogen-bond donors (Lipinski definition) is 1. The van der Waals surface area contributed by atoms with E-state index in [1.54, 1.807) is 6.07 Å². The first kappa shape index (κ1) is 13.4. The summed E-state index contributed by atoms with van der Waals surface area (Å²) in [7, 11) is 0. The van der Waals surface area contributed by atoms with E-state index in [0.29, 0.717) is 0 Å². The van der Waals surface area contributed by atoms with E-state index in [1.165, 1.54) is 24.3 Å². The predicted octanol–water partition coefficient (Wildman–Crippen LogP) is 2.50. The Morgan fingerprint density at radius 1 is 1.06 bits per heavy atom. The van der Waals surface area contributed by atoms with Crippen LogP contribution in [0.15, 0.2) is 30.3 Å². The minimum absolute atomic E-state index is 0.106. The van der Waals surface area contributed by atoms with Crippen molar-refractivity contribution in [2.24, 2.45) is 0 Å². The molecule has 0 saturated heterocycles. The molecule has 8 heteroatoms. The molecule has 0 bridgehead atoms. The van der Waals surface area contributed by atoms with Gasteiger partial charge in [-0.15, -0.1) is 0 Å². The maximum atomic E-state index is 12.2. The summed E-state index contributed by atoms with van der Waals surface area (Å²) in [6.07, 6.45) is -11.3. The summed E-state index contributed by atoms with van der Waals surface area (Å²) < 4.78 is 59.5. The lowest BCUT2D eigenvalue weighted by molar-refractivity contribution is -0.402. The van der Waals surface area contributed by atoms with Crippen LogP contribution in [0.5, 0.6) is 0 Å². The van der Waals surface area contributed by atoms with Gasteiger partial charge in [-0.1, -0.05) is 18.2 Å². The van der Waals surface area contributed by atoms with E-state index in [2.05, 4.69) is 4.84 Å². The Hall–Kier alpha value is -1.70. The summed E-state index contributed by atoms with van der Waals surface area (Å²) in [5, 5.41) is 0. The molecule has 1 amide bonds. The van der Waals surface area contributed by atoms with Gasteiger partial charge in [0, 0.05) is 5.56 Å². The maximum absolute atomic E-state index is 12.2. The molecule has 0 aromatic heterocycles. The highest BCUT2D eigenvalue weighted by molar-refractivity contribution is 5.93. The largest absolute Gasteiger partial charge is 0.485 e. The third-order valence-corrected chi connectivity index (χ3v) is 1.64. The molecule has 17 heavy (non-hydrogen) atoms. The number of rotatable bonds is 3. The molecule has 0 heterocycles. The monoisotopic (exact) mass is 255 g/mol. The Kier molecular flexibility index (Phi) is 3.66. The second-order valence-electron chi connectivity index (χ2n) is 2.91. The van der Waals surface area contributed by atoms with Gasteiger partial charge in [-0.05, 0) is 12.1 Å². The molecule has 94 valence electrons. The van der Waals surface area contributed by atoms with E-state index in [9.17, 15) is 26.7 Å². The molecule has 1 N–H and O–H groups in total. The number of amides is 1. The van der Waals surface area contributed by atoms with Gasteiger partial charge in [-0.2, -0.15) is 26.8 Å². The number of nitrogens with one attached hydrogen (secondary N) is 1. The zero-order chi connectivity index (χ0) is 13.1. The van der Waals surface area contributed by atoms with Crippen molar-refractivity contribution in [1.29, 1.82) is 0 Å². The van der Waals surface area contributed by atoms with Crippen molar-refractivity contribution in [2.75, 3.05) is 0 Å². The summed E-state index contributed by atoms with van der Waals surface area (Å²) in [6.45, 7) is 0. The van der Waals surface area contributed by atoms with Gasteiger partial charge in [0.25, 0.3) is 5.91 Å². The Balaban J connectivity index is 2.61. The highest BCUT2D eigenvalue weighted by Crippen LogP contribution is 2.35. The van der Waals surface area contributed by atoms with E-state index >= 15 is 0 Å². The van der Waals surface area contributed by atoms with Crippen molar-refractivity contribution in [3.05, 3.63) is 35.9 Å². The summed E-state index contributed by atoms with van der Waals surface area (Å²) in [5.41, 5.74) is 0.931. The smallest absolute Gasteiger partial charge is 0.267 e. The quantitative estimate of drug-likeness (QED) is 0.665. The number of halogens is 5. The summed E-state index contributed by atoms with van der Waals surface area (Å²) >= 11 is 0. The van der Waals surface area contributed by atoms with Gasteiger partial charge in [0.15, 0.2) is 0 Å². The van der Waals surface area contributed by atoms with Crippen molar-refractivity contribution >= 4 is 5.91 Å². The number of carbonyl (C=O) groups is 1. The van der Waals surface area contributed by atoms with Crippen molar-refractivity contribution in [1.82, 2.24) is 5.48 Å². The molecule has 0 aliphatic heterocycles. The second kappa shape index (κ2) is 4.66. The first-order valence-corrected chi connectivity index (χ1v) is 4.22. The number of hydroxylamine groups is 1. The summed E-state index contributed by atoms with van der Waals surface area (Å²) in [6, 6.07) is 6.82. The molecule has 1 aromatic carbocycles. The van der Waals surface area contributed by atoms with Crippen LogP contribution in [0.1, 0.15) is 10.4 Å². The average Bonchev–Trinajstić information content (AvgIpc) is 2.25. The van der Waals surface area contributed by atoms with E-state index in [-0.39, 0.29) is 5.56 Å². The zero-order valence-electron chi connectivity index (χ0n) is 8.09. The Bertz CT molecular complexity index is 390. The number of hydrogen-bond acceptors (Lipinski definition) is 2. The standard InChI is InChI=1S/C9H6F5NO2/c10-8(11,12)9(13,14)17-15-7(16)6-4-2-1-3-5-6/h1-5H,(H,15,16). The van der Waals surface area contributed by atoms with Crippen LogP contribution in [-0.4, -0.2) is 18.2 Å². The third-order valence-electron chi connectivity index (χ3n) is 1.64. The lowest BCUT2D eigenvalue weighted by atomic mass is 10.2. The lowest BCUT2D eigenvalue weighted by Crippen LogP contribution is -2.44. The lowest BCUT2D eigenvalue weighted by Gasteiger charge is -2.18. The highest BCUT2D eigenvalue weighted by Gasteiger charge is 2.60. The van der Waals surface area contributed by atoms with E-state index < -0.39 is 18.2 Å². The average molecular weight is 255 g/mol. The fourth-order valence-corrected chi connectivity index (χ4v) is 0.817. The molecule has 0 saturated carbocycles. The SMILES string of the molecule is O=C(NOC(F)(F)C(F)(F)F)c1ccccc1. The number of carbonyl (C=O) groups excluding carboxylic acids is 1. The van der Waals surface area contributed by atoms with Crippen LogP contribution >= 0.6 is 0 Å². The summed E-state index contributed by atoms with van der Waals surface area (Å²) in [4.78, 5) is 14.1. The fraction of sp³-hybridized carbons (Fsp3) is 0.222. The van der Waals surface area contributed by atoms with E-state index in [0.717, 1.165) is 5.48 Å². The molecular formula is C9H6F5NO2. The number of alkyl halides is 5. The van der Waals surface area contributed by atoms with Crippen LogP contribution in [-0.2, 0) is 4.84 Å². The third kappa shape index (κ3) is 3.38. The topological polar surface area (TPSA) is 38.3 Å². The maximum Gasteiger partial charge on any atom is 0.485 e. The Morgan fingerprint density at radius 2 is 1.59 bits per heavy atom. The molecule has 0 spiro atoms. The molecule has 0 radical (unpaired) electrons. The van der Waals surface area contributed by atoms with Crippen molar-refractivity contribution in [3.63, 3.8) is 0 Å². The second-order valence-corrected chi connectivity index (χ2v) is 2.91. The summed E-state index contributed by atoms with van der Waals surface area (Å²) in [5.74, 6) is -1.20. The van der Waals surface area contributed by atoms with Crippen LogP contribution in [0.4, 0.5) is 22.0 Å². The highest BCUT2D eigenvalue weighted by atomic mass is 19.4. The first-order chi connectivity index (χ1) is 7.74. The molecule has 1 rings (SSSR count). The van der Waals surface area contributed by atoms with Gasteiger partial charge in [-0.25, -0.2) is 5.48 Å².